The van der Waals surface area contributed by atoms with E-state index in [1.54, 1.807) is 11.8 Å². The molecule has 1 aromatic carbocycles. The fraction of sp³-hybridized carbons (Fsp3) is 0.400. The van der Waals surface area contributed by atoms with Gasteiger partial charge in [0.25, 0.3) is 0 Å². The van der Waals surface area contributed by atoms with Gasteiger partial charge in [0.1, 0.15) is 0 Å². The van der Waals surface area contributed by atoms with Crippen molar-refractivity contribution in [1.82, 2.24) is 9.78 Å². The van der Waals surface area contributed by atoms with Gasteiger partial charge in [-0.3, -0.25) is 0 Å². The van der Waals surface area contributed by atoms with Gasteiger partial charge in [-0.05, 0) is 31.0 Å². The number of hydrogen-bond donors (Lipinski definition) is 1. The van der Waals surface area contributed by atoms with Gasteiger partial charge in [0.05, 0.1) is 18.4 Å². The maximum Gasteiger partial charge on any atom is 0.222 e. The lowest BCUT2D eigenvalue weighted by Crippen LogP contribution is -2.02. The summed E-state index contributed by atoms with van der Waals surface area (Å²) in [7, 11) is 3.48. The van der Waals surface area contributed by atoms with E-state index in [1.165, 1.54) is 5.56 Å². The number of rotatable bonds is 5. The van der Waals surface area contributed by atoms with Crippen molar-refractivity contribution in [2.75, 3.05) is 7.11 Å². The Morgan fingerprint density at radius 1 is 1.30 bits per heavy atom. The normalized spacial score (nSPS) is 10.7. The first-order chi connectivity index (χ1) is 9.60. The zero-order valence-corrected chi connectivity index (χ0v) is 12.4. The lowest BCUT2D eigenvalue weighted by atomic mass is 10.1. The molecule has 5 heteroatoms. The van der Waals surface area contributed by atoms with Crippen LogP contribution in [0, 0.1) is 6.92 Å². The Balaban J connectivity index is 2.39. The number of hydrogen-bond acceptors (Lipinski definition) is 4. The topological polar surface area (TPSA) is 62.3 Å². The molecule has 0 radical (unpaired) electrons. The van der Waals surface area contributed by atoms with Crippen molar-refractivity contribution in [2.45, 2.75) is 26.8 Å². The van der Waals surface area contributed by atoms with E-state index in [1.807, 2.05) is 32.2 Å². The number of nitrogens with two attached hydrogens (primary N) is 1. The summed E-state index contributed by atoms with van der Waals surface area (Å²) in [5.41, 5.74) is 8.77. The van der Waals surface area contributed by atoms with E-state index >= 15 is 0 Å². The summed E-state index contributed by atoms with van der Waals surface area (Å²) in [5.74, 6) is 2.04. The van der Waals surface area contributed by atoms with Gasteiger partial charge in [-0.2, -0.15) is 5.10 Å². The van der Waals surface area contributed by atoms with Crippen LogP contribution in [0.5, 0.6) is 17.4 Å². The Hall–Kier alpha value is -2.01. The maximum atomic E-state index is 5.97. The Morgan fingerprint density at radius 3 is 2.65 bits per heavy atom. The molecule has 0 saturated heterocycles. The number of ether oxygens (including phenoxy) is 2. The summed E-state index contributed by atoms with van der Waals surface area (Å²) in [5, 5.41) is 4.34. The van der Waals surface area contributed by atoms with Crippen LogP contribution in [0.2, 0.25) is 0 Å². The molecule has 0 bridgehead atoms. The molecule has 0 aliphatic heterocycles. The summed E-state index contributed by atoms with van der Waals surface area (Å²) < 4.78 is 13.1. The second kappa shape index (κ2) is 5.96. The predicted molar refractivity (Wildman–Crippen MR) is 78.3 cm³/mol. The molecule has 0 saturated carbocycles. The highest BCUT2D eigenvalue weighted by Gasteiger charge is 2.16. The van der Waals surface area contributed by atoms with Gasteiger partial charge in [-0.1, -0.05) is 13.0 Å². The Labute approximate surface area is 119 Å². The highest BCUT2D eigenvalue weighted by atomic mass is 16.5. The van der Waals surface area contributed by atoms with Crippen molar-refractivity contribution in [3.63, 3.8) is 0 Å². The molecule has 0 aliphatic rings. The number of aromatic nitrogens is 2. The van der Waals surface area contributed by atoms with Gasteiger partial charge in [0.2, 0.25) is 5.88 Å². The summed E-state index contributed by atoms with van der Waals surface area (Å²) >= 11 is 0. The van der Waals surface area contributed by atoms with E-state index in [2.05, 4.69) is 12.0 Å². The van der Waals surface area contributed by atoms with E-state index in [0.717, 1.165) is 17.7 Å². The van der Waals surface area contributed by atoms with Crippen molar-refractivity contribution in [3.8, 4) is 17.4 Å². The van der Waals surface area contributed by atoms with Gasteiger partial charge in [0.15, 0.2) is 11.5 Å². The summed E-state index contributed by atoms with van der Waals surface area (Å²) in [6.07, 6.45) is 0.954. The first-order valence-corrected chi connectivity index (χ1v) is 6.68. The van der Waals surface area contributed by atoms with Gasteiger partial charge < -0.3 is 15.2 Å². The highest BCUT2D eigenvalue weighted by Crippen LogP contribution is 2.34. The fourth-order valence-corrected chi connectivity index (χ4v) is 2.16. The third kappa shape index (κ3) is 2.63. The van der Waals surface area contributed by atoms with Crippen LogP contribution in [-0.2, 0) is 20.0 Å². The largest absolute Gasteiger partial charge is 0.493 e. The van der Waals surface area contributed by atoms with E-state index in [0.29, 0.717) is 23.9 Å². The molecule has 1 aromatic heterocycles. The molecule has 0 atom stereocenters. The molecule has 1 heterocycles. The summed E-state index contributed by atoms with van der Waals surface area (Å²) in [6.45, 7) is 4.42. The van der Waals surface area contributed by atoms with Gasteiger partial charge >= 0.3 is 0 Å². The third-order valence-corrected chi connectivity index (χ3v) is 3.34. The Bertz CT molecular complexity index is 605. The number of benzene rings is 1. The van der Waals surface area contributed by atoms with Crippen molar-refractivity contribution in [2.24, 2.45) is 12.8 Å². The minimum absolute atomic E-state index is 0.393. The zero-order valence-electron chi connectivity index (χ0n) is 12.4. The van der Waals surface area contributed by atoms with E-state index in [9.17, 15) is 0 Å². The smallest absolute Gasteiger partial charge is 0.222 e. The van der Waals surface area contributed by atoms with Crippen LogP contribution in [0.1, 0.15) is 23.7 Å². The van der Waals surface area contributed by atoms with E-state index in [-0.39, 0.29) is 0 Å². The van der Waals surface area contributed by atoms with Gasteiger partial charge in [-0.15, -0.1) is 0 Å². The molecule has 20 heavy (non-hydrogen) atoms. The minimum Gasteiger partial charge on any atom is -0.493 e. The average Bonchev–Trinajstić information content (AvgIpc) is 2.73. The van der Waals surface area contributed by atoms with Crippen LogP contribution in [0.25, 0.3) is 0 Å². The van der Waals surface area contributed by atoms with E-state index < -0.39 is 0 Å². The van der Waals surface area contributed by atoms with Crippen LogP contribution >= 0.6 is 0 Å². The quantitative estimate of drug-likeness (QED) is 0.911. The zero-order chi connectivity index (χ0) is 14.7. The molecule has 2 N–H and O–H groups in total. The standard InChI is InChI=1S/C15H21N3O2/c1-5-11-6-7-13(14(8-11)19-4)20-15-12(9-16)10(2)17-18(15)3/h6-8H,5,9,16H2,1-4H3. The van der Waals surface area contributed by atoms with Crippen LogP contribution in [0.3, 0.4) is 0 Å². The molecule has 0 aliphatic carbocycles. The van der Waals surface area contributed by atoms with Gasteiger partial charge in [0, 0.05) is 13.6 Å². The minimum atomic E-state index is 0.393. The maximum absolute atomic E-state index is 5.97. The van der Waals surface area contributed by atoms with Gasteiger partial charge in [-0.25, -0.2) is 4.68 Å². The molecule has 5 nitrogen and oxygen atoms in total. The molecule has 0 spiro atoms. The van der Waals surface area contributed by atoms with Crippen LogP contribution in [-0.4, -0.2) is 16.9 Å². The Kier molecular flexibility index (Phi) is 4.29. The number of aryl methyl sites for hydroxylation is 3. The second-order valence-electron chi connectivity index (χ2n) is 4.64. The van der Waals surface area contributed by atoms with Crippen LogP contribution in [0.4, 0.5) is 0 Å². The number of nitrogens with zero attached hydrogens (tertiary/aromatic N) is 2. The van der Waals surface area contributed by atoms with Crippen molar-refractivity contribution in [1.29, 1.82) is 0 Å². The predicted octanol–water partition coefficient (Wildman–Crippen LogP) is 2.55. The van der Waals surface area contributed by atoms with Crippen molar-refractivity contribution < 1.29 is 9.47 Å². The van der Waals surface area contributed by atoms with Crippen molar-refractivity contribution >= 4 is 0 Å². The summed E-state index contributed by atoms with van der Waals surface area (Å²) in [6, 6.07) is 5.93. The highest BCUT2D eigenvalue weighted by molar-refractivity contribution is 5.46. The third-order valence-electron chi connectivity index (χ3n) is 3.34. The molecule has 0 unspecified atom stereocenters. The van der Waals surface area contributed by atoms with Crippen molar-refractivity contribution in [3.05, 3.63) is 35.0 Å². The first-order valence-electron chi connectivity index (χ1n) is 6.68. The molecule has 2 aromatic rings. The number of methoxy groups -OCH3 is 1. The van der Waals surface area contributed by atoms with Crippen LogP contribution in [0.15, 0.2) is 18.2 Å². The molecular formula is C15H21N3O2. The molecule has 2 rings (SSSR count). The average molecular weight is 275 g/mol. The fourth-order valence-electron chi connectivity index (χ4n) is 2.16. The lowest BCUT2D eigenvalue weighted by molar-refractivity contribution is 0.363. The first kappa shape index (κ1) is 14.4. The Morgan fingerprint density at radius 2 is 2.05 bits per heavy atom. The second-order valence-corrected chi connectivity index (χ2v) is 4.64. The van der Waals surface area contributed by atoms with E-state index in [4.69, 9.17) is 15.2 Å². The van der Waals surface area contributed by atoms with Crippen LogP contribution < -0.4 is 15.2 Å². The lowest BCUT2D eigenvalue weighted by Gasteiger charge is -2.12. The summed E-state index contributed by atoms with van der Waals surface area (Å²) in [4.78, 5) is 0. The molecule has 0 amide bonds. The molecule has 0 fully saturated rings. The monoisotopic (exact) mass is 275 g/mol. The SMILES string of the molecule is CCc1ccc(Oc2c(CN)c(C)nn2C)c(OC)c1. The molecule has 108 valence electrons. The molecular weight excluding hydrogens is 254 g/mol.